The number of hydrogen-bond donors (Lipinski definition) is 1. The summed E-state index contributed by atoms with van der Waals surface area (Å²) in [7, 11) is 0. The van der Waals surface area contributed by atoms with E-state index in [0.717, 1.165) is 5.56 Å². The fourth-order valence-corrected chi connectivity index (χ4v) is 2.59. The monoisotopic (exact) mass is 346 g/mol. The number of halogens is 2. The minimum atomic E-state index is -0.261. The molecule has 1 N–H and O–H groups in total. The highest BCUT2D eigenvalue weighted by Gasteiger charge is 2.11. The van der Waals surface area contributed by atoms with Gasteiger partial charge in [0.2, 0.25) is 0 Å². The van der Waals surface area contributed by atoms with Gasteiger partial charge in [-0.2, -0.15) is 0 Å². The topological polar surface area (TPSA) is 55.1 Å². The highest BCUT2D eigenvalue weighted by Crippen LogP contribution is 2.21. The second-order valence-electron chi connectivity index (χ2n) is 4.83. The molecule has 0 aliphatic heterocycles. The molecule has 1 amide bonds. The molecule has 116 valence electrons. The third-order valence-electron chi connectivity index (χ3n) is 3.23. The third kappa shape index (κ3) is 3.73. The molecule has 0 bridgehead atoms. The van der Waals surface area contributed by atoms with Crippen molar-refractivity contribution in [2.75, 3.05) is 0 Å². The smallest absolute Gasteiger partial charge is 0.253 e. The predicted octanol–water partition coefficient (Wildman–Crippen LogP) is 4.58. The molecule has 0 spiro atoms. The molecule has 0 aliphatic rings. The molecule has 3 aromatic rings. The van der Waals surface area contributed by atoms with Crippen LogP contribution in [0.5, 0.6) is 0 Å². The molecule has 6 heteroatoms. The molecule has 4 nitrogen and oxygen atoms in total. The number of nitrogens with one attached hydrogen (secondary N) is 1. The van der Waals surface area contributed by atoms with E-state index in [-0.39, 0.29) is 5.91 Å². The zero-order valence-electron chi connectivity index (χ0n) is 11.9. The van der Waals surface area contributed by atoms with Gasteiger partial charge in [-0.15, -0.1) is 0 Å². The predicted molar refractivity (Wildman–Crippen MR) is 89.6 cm³/mol. The number of nitrogens with zero attached hydrogens (tertiary/aromatic N) is 1. The van der Waals surface area contributed by atoms with Crippen molar-refractivity contribution in [1.29, 1.82) is 0 Å². The quantitative estimate of drug-likeness (QED) is 0.752. The summed E-state index contributed by atoms with van der Waals surface area (Å²) >= 11 is 11.9. The lowest BCUT2D eigenvalue weighted by Gasteiger charge is -2.08. The van der Waals surface area contributed by atoms with Gasteiger partial charge in [0.1, 0.15) is 5.69 Å². The molecule has 0 saturated carbocycles. The summed E-state index contributed by atoms with van der Waals surface area (Å²) < 4.78 is 5.32. The Balaban J connectivity index is 1.71. The van der Waals surface area contributed by atoms with Gasteiger partial charge in [-0.05, 0) is 48.0 Å². The van der Waals surface area contributed by atoms with Crippen LogP contribution in [0, 0.1) is 0 Å². The Bertz CT molecular complexity index is 832. The highest BCUT2D eigenvalue weighted by molar-refractivity contribution is 6.36. The van der Waals surface area contributed by atoms with Crippen LogP contribution in [0.2, 0.25) is 10.0 Å². The maximum atomic E-state index is 12.2. The molecule has 23 heavy (non-hydrogen) atoms. The van der Waals surface area contributed by atoms with E-state index in [1.54, 1.807) is 36.7 Å². The van der Waals surface area contributed by atoms with Crippen LogP contribution in [0.3, 0.4) is 0 Å². The number of furan rings is 1. The van der Waals surface area contributed by atoms with E-state index in [1.165, 1.54) is 0 Å². The van der Waals surface area contributed by atoms with Gasteiger partial charge in [0, 0.05) is 17.8 Å². The zero-order chi connectivity index (χ0) is 16.2. The van der Waals surface area contributed by atoms with E-state index in [1.807, 2.05) is 18.2 Å². The number of benzene rings is 1. The normalized spacial score (nSPS) is 10.5. The SMILES string of the molecule is O=C(NCc1ccnc(-c2ccco2)c1)c1ccc(Cl)cc1Cl. The van der Waals surface area contributed by atoms with Crippen molar-refractivity contribution in [1.82, 2.24) is 10.3 Å². The van der Waals surface area contributed by atoms with Gasteiger partial charge < -0.3 is 9.73 Å². The molecule has 1 aromatic carbocycles. The van der Waals surface area contributed by atoms with Crippen molar-refractivity contribution in [3.8, 4) is 11.5 Å². The summed E-state index contributed by atoms with van der Waals surface area (Å²) in [6.07, 6.45) is 3.27. The Morgan fingerprint density at radius 2 is 2.04 bits per heavy atom. The molecule has 0 saturated heterocycles. The average molecular weight is 347 g/mol. The van der Waals surface area contributed by atoms with Crippen LogP contribution in [0.15, 0.2) is 59.3 Å². The van der Waals surface area contributed by atoms with Crippen LogP contribution < -0.4 is 5.32 Å². The Labute approximate surface area is 143 Å². The summed E-state index contributed by atoms with van der Waals surface area (Å²) in [5, 5.41) is 3.63. The molecular weight excluding hydrogens is 335 g/mol. The Morgan fingerprint density at radius 1 is 1.17 bits per heavy atom. The number of hydrogen-bond acceptors (Lipinski definition) is 3. The summed E-state index contributed by atoms with van der Waals surface area (Å²) in [6, 6.07) is 12.1. The van der Waals surface area contributed by atoms with Gasteiger partial charge in [0.15, 0.2) is 5.76 Å². The van der Waals surface area contributed by atoms with E-state index in [2.05, 4.69) is 10.3 Å². The minimum absolute atomic E-state index is 0.261. The number of carbonyl (C=O) groups is 1. The maximum Gasteiger partial charge on any atom is 0.253 e. The van der Waals surface area contributed by atoms with Gasteiger partial charge in [-0.3, -0.25) is 9.78 Å². The van der Waals surface area contributed by atoms with Crippen LogP contribution in [0.4, 0.5) is 0 Å². The Kier molecular flexibility index (Phi) is 4.65. The molecule has 0 unspecified atom stereocenters. The van der Waals surface area contributed by atoms with Crippen LogP contribution in [0.1, 0.15) is 15.9 Å². The molecule has 0 aliphatic carbocycles. The number of carbonyl (C=O) groups excluding carboxylic acids is 1. The van der Waals surface area contributed by atoms with Gasteiger partial charge in [-0.1, -0.05) is 23.2 Å². The second kappa shape index (κ2) is 6.86. The molecule has 0 radical (unpaired) electrons. The summed E-state index contributed by atoms with van der Waals surface area (Å²) in [5.74, 6) is 0.418. The van der Waals surface area contributed by atoms with Crippen molar-refractivity contribution < 1.29 is 9.21 Å². The fraction of sp³-hybridized carbons (Fsp3) is 0.0588. The van der Waals surface area contributed by atoms with E-state index in [4.69, 9.17) is 27.6 Å². The van der Waals surface area contributed by atoms with Gasteiger partial charge in [0.25, 0.3) is 5.91 Å². The summed E-state index contributed by atoms with van der Waals surface area (Å²) in [4.78, 5) is 16.4. The van der Waals surface area contributed by atoms with E-state index < -0.39 is 0 Å². The second-order valence-corrected chi connectivity index (χ2v) is 5.68. The number of amides is 1. The van der Waals surface area contributed by atoms with Gasteiger partial charge in [0.05, 0.1) is 16.8 Å². The van der Waals surface area contributed by atoms with E-state index in [0.29, 0.717) is 33.6 Å². The first-order chi connectivity index (χ1) is 11.1. The number of aromatic nitrogens is 1. The highest BCUT2D eigenvalue weighted by atomic mass is 35.5. The third-order valence-corrected chi connectivity index (χ3v) is 3.77. The lowest BCUT2D eigenvalue weighted by atomic mass is 10.2. The standard InChI is InChI=1S/C17H12Cl2N2O2/c18-12-3-4-13(14(19)9-12)17(22)21-10-11-5-6-20-15(8-11)16-2-1-7-23-16/h1-9H,10H2,(H,21,22). The molecule has 0 fully saturated rings. The zero-order valence-corrected chi connectivity index (χ0v) is 13.4. The van der Waals surface area contributed by atoms with E-state index >= 15 is 0 Å². The minimum Gasteiger partial charge on any atom is -0.463 e. The van der Waals surface area contributed by atoms with Crippen LogP contribution >= 0.6 is 23.2 Å². The van der Waals surface area contributed by atoms with Gasteiger partial charge in [-0.25, -0.2) is 0 Å². The van der Waals surface area contributed by atoms with Crippen molar-refractivity contribution in [2.45, 2.75) is 6.54 Å². The number of rotatable bonds is 4. The van der Waals surface area contributed by atoms with Crippen molar-refractivity contribution in [2.24, 2.45) is 0 Å². The van der Waals surface area contributed by atoms with Crippen LogP contribution in [0.25, 0.3) is 11.5 Å². The molecular formula is C17H12Cl2N2O2. The Hall–Kier alpha value is -2.30. The largest absolute Gasteiger partial charge is 0.463 e. The summed E-state index contributed by atoms with van der Waals surface area (Å²) in [5.41, 5.74) is 2.01. The Morgan fingerprint density at radius 3 is 2.78 bits per heavy atom. The average Bonchev–Trinajstić information content (AvgIpc) is 3.07. The molecule has 2 aromatic heterocycles. The fourth-order valence-electron chi connectivity index (χ4n) is 2.09. The van der Waals surface area contributed by atoms with Gasteiger partial charge >= 0.3 is 0 Å². The lowest BCUT2D eigenvalue weighted by molar-refractivity contribution is 0.0951. The van der Waals surface area contributed by atoms with Crippen molar-refractivity contribution in [3.63, 3.8) is 0 Å². The first-order valence-electron chi connectivity index (χ1n) is 6.85. The first kappa shape index (κ1) is 15.6. The molecule has 2 heterocycles. The van der Waals surface area contributed by atoms with E-state index in [9.17, 15) is 4.79 Å². The molecule has 0 atom stereocenters. The van der Waals surface area contributed by atoms with Crippen LogP contribution in [-0.2, 0) is 6.54 Å². The van der Waals surface area contributed by atoms with Crippen molar-refractivity contribution >= 4 is 29.1 Å². The number of pyridine rings is 1. The summed E-state index contributed by atoms with van der Waals surface area (Å²) in [6.45, 7) is 0.355. The lowest BCUT2D eigenvalue weighted by Crippen LogP contribution is -2.23. The van der Waals surface area contributed by atoms with Crippen molar-refractivity contribution in [3.05, 3.63) is 76.1 Å². The van der Waals surface area contributed by atoms with Crippen LogP contribution in [-0.4, -0.2) is 10.9 Å². The first-order valence-corrected chi connectivity index (χ1v) is 7.61. The maximum absolute atomic E-state index is 12.2. The molecule has 3 rings (SSSR count).